The number of carboxylic acids is 1. The Bertz CT molecular complexity index is 1060. The van der Waals surface area contributed by atoms with Gasteiger partial charge < -0.3 is 20.1 Å². The van der Waals surface area contributed by atoms with E-state index in [9.17, 15) is 15.0 Å². The van der Waals surface area contributed by atoms with Crippen molar-refractivity contribution in [3.8, 4) is 5.75 Å². The molecular weight excluding hydrogens is 452 g/mol. The molecule has 3 N–H and O–H groups in total. The lowest BCUT2D eigenvalue weighted by Gasteiger charge is -2.34. The first kappa shape index (κ1) is 27.9. The second-order valence-corrected chi connectivity index (χ2v) is 10.4. The van der Waals surface area contributed by atoms with Crippen molar-refractivity contribution in [3.63, 3.8) is 0 Å². The van der Waals surface area contributed by atoms with Gasteiger partial charge in [-0.3, -0.25) is 4.79 Å². The second kappa shape index (κ2) is 12.1. The summed E-state index contributed by atoms with van der Waals surface area (Å²) in [7, 11) is 0. The molecule has 0 bridgehead atoms. The number of hydrogen-bond donors (Lipinski definition) is 3. The number of aliphatic carboxylic acids is 1. The first-order valence-corrected chi connectivity index (χ1v) is 13.3. The maximum Gasteiger partial charge on any atom is 0.303 e. The minimum Gasteiger partial charge on any atom is -0.491 e. The number of rotatable bonds is 12. The smallest absolute Gasteiger partial charge is 0.303 e. The molecule has 3 rings (SSSR count). The monoisotopic (exact) mass is 494 g/mol. The van der Waals surface area contributed by atoms with Crippen LogP contribution < -0.4 is 4.74 Å². The average Bonchev–Trinajstić information content (AvgIpc) is 3.29. The van der Waals surface area contributed by atoms with Crippen LogP contribution in [-0.2, 0) is 10.2 Å². The van der Waals surface area contributed by atoms with E-state index in [1.54, 1.807) is 0 Å². The van der Waals surface area contributed by atoms with Gasteiger partial charge in [-0.2, -0.15) is 0 Å². The third kappa shape index (κ3) is 6.57. The summed E-state index contributed by atoms with van der Waals surface area (Å²) in [5.41, 5.74) is 5.04. The number of ether oxygens (including phenoxy) is 1. The summed E-state index contributed by atoms with van der Waals surface area (Å²) in [6, 6.07) is 12.9. The molecule has 1 fully saturated rings. The molecule has 0 amide bonds. The fourth-order valence-electron chi connectivity index (χ4n) is 5.46. The van der Waals surface area contributed by atoms with Gasteiger partial charge in [0.15, 0.2) is 0 Å². The van der Waals surface area contributed by atoms with Crippen molar-refractivity contribution in [1.82, 2.24) is 0 Å². The number of carboxylic acid groups (broad SMARTS) is 1. The van der Waals surface area contributed by atoms with Crippen LogP contribution in [0.3, 0.4) is 0 Å². The summed E-state index contributed by atoms with van der Waals surface area (Å²) in [6.45, 7) is 8.66. The van der Waals surface area contributed by atoms with Crippen LogP contribution in [0.5, 0.6) is 5.75 Å². The highest BCUT2D eigenvalue weighted by Gasteiger charge is 2.32. The van der Waals surface area contributed by atoms with Gasteiger partial charge in [-0.25, -0.2) is 0 Å². The van der Waals surface area contributed by atoms with E-state index in [4.69, 9.17) is 9.84 Å². The summed E-state index contributed by atoms with van der Waals surface area (Å²) in [5, 5.41) is 29.5. The van der Waals surface area contributed by atoms with Crippen LogP contribution in [0.4, 0.5) is 0 Å². The minimum absolute atomic E-state index is 0.0729. The van der Waals surface area contributed by atoms with Crippen LogP contribution in [-0.4, -0.2) is 39.6 Å². The van der Waals surface area contributed by atoms with Gasteiger partial charge in [-0.1, -0.05) is 69.2 Å². The number of benzene rings is 2. The van der Waals surface area contributed by atoms with E-state index >= 15 is 0 Å². The lowest BCUT2D eigenvalue weighted by Crippen LogP contribution is -2.26. The molecule has 1 aliphatic carbocycles. The van der Waals surface area contributed by atoms with E-state index < -0.39 is 17.7 Å². The summed E-state index contributed by atoms with van der Waals surface area (Å²) < 4.78 is 5.81. The Morgan fingerprint density at radius 1 is 1.06 bits per heavy atom. The molecule has 36 heavy (non-hydrogen) atoms. The maximum absolute atomic E-state index is 10.7. The van der Waals surface area contributed by atoms with E-state index in [2.05, 4.69) is 57.2 Å². The third-order valence-corrected chi connectivity index (χ3v) is 7.92. The number of hydrogen-bond acceptors (Lipinski definition) is 4. The molecule has 1 unspecified atom stereocenters. The lowest BCUT2D eigenvalue weighted by molar-refractivity contribution is -0.137. The third-order valence-electron chi connectivity index (χ3n) is 7.92. The lowest BCUT2D eigenvalue weighted by atomic mass is 9.70. The summed E-state index contributed by atoms with van der Waals surface area (Å²) in [4.78, 5) is 10.7. The summed E-state index contributed by atoms with van der Waals surface area (Å²) in [5.74, 6) is -0.216. The average molecular weight is 495 g/mol. The topological polar surface area (TPSA) is 87.0 Å². The predicted octanol–water partition coefficient (Wildman–Crippen LogP) is 6.33. The molecule has 5 nitrogen and oxygen atoms in total. The van der Waals surface area contributed by atoms with E-state index in [0.29, 0.717) is 5.75 Å². The Hall–Kier alpha value is -2.63. The Labute approximate surface area is 215 Å². The van der Waals surface area contributed by atoms with Gasteiger partial charge in [0, 0.05) is 11.8 Å². The normalized spacial score (nSPS) is 16.4. The zero-order chi connectivity index (χ0) is 26.3. The summed E-state index contributed by atoms with van der Waals surface area (Å²) >= 11 is 0. The number of aliphatic hydroxyl groups is 2. The van der Waals surface area contributed by atoms with Crippen molar-refractivity contribution >= 4 is 12.0 Å². The molecule has 0 heterocycles. The van der Waals surface area contributed by atoms with E-state index in [1.807, 2.05) is 19.1 Å². The molecule has 196 valence electrons. The van der Waals surface area contributed by atoms with Crippen LogP contribution in [0.2, 0.25) is 0 Å². The van der Waals surface area contributed by atoms with E-state index in [1.165, 1.54) is 16.7 Å². The molecule has 1 atom stereocenters. The summed E-state index contributed by atoms with van der Waals surface area (Å²) in [6.07, 6.45) is 9.10. The standard InChI is InChI=1S/C31H42O5/c1-5-31(6-2,25-10-9-24(22(3)19-25)15-18-30(35)16-7-8-17-30)26-11-13-28(23(4)20-26)36-21-27(32)12-14-29(33)34/h9-11,13,15,18-20,27,32,35H,5-8,12,14,16-17,21H2,1-4H3,(H,33,34). The van der Waals surface area contributed by atoms with Crippen molar-refractivity contribution in [2.24, 2.45) is 0 Å². The predicted molar refractivity (Wildman–Crippen MR) is 145 cm³/mol. The Morgan fingerprint density at radius 2 is 1.67 bits per heavy atom. The van der Waals surface area contributed by atoms with Crippen molar-refractivity contribution in [2.45, 2.75) is 96.2 Å². The highest BCUT2D eigenvalue weighted by atomic mass is 16.5. The molecule has 1 saturated carbocycles. The highest BCUT2D eigenvalue weighted by molar-refractivity contribution is 5.66. The van der Waals surface area contributed by atoms with Gasteiger partial charge >= 0.3 is 5.97 Å². The van der Waals surface area contributed by atoms with Crippen molar-refractivity contribution < 1.29 is 24.9 Å². The largest absolute Gasteiger partial charge is 0.491 e. The van der Waals surface area contributed by atoms with Crippen LogP contribution in [0.25, 0.3) is 6.08 Å². The minimum atomic E-state index is -0.921. The quantitative estimate of drug-likeness (QED) is 0.321. The maximum atomic E-state index is 10.7. The van der Waals surface area contributed by atoms with Crippen LogP contribution >= 0.6 is 0 Å². The van der Waals surface area contributed by atoms with Crippen LogP contribution in [0, 0.1) is 13.8 Å². The SMILES string of the molecule is CCC(CC)(c1ccc(C=CC2(O)CCCC2)c(C)c1)c1ccc(OCC(O)CCC(=O)O)c(C)c1. The van der Waals surface area contributed by atoms with Gasteiger partial charge in [-0.05, 0) is 79.8 Å². The van der Waals surface area contributed by atoms with Crippen LogP contribution in [0.15, 0.2) is 42.5 Å². The number of carbonyl (C=O) groups is 1. The van der Waals surface area contributed by atoms with Gasteiger partial charge in [0.2, 0.25) is 0 Å². The zero-order valence-corrected chi connectivity index (χ0v) is 22.2. The molecule has 0 saturated heterocycles. The second-order valence-electron chi connectivity index (χ2n) is 10.4. The molecular formula is C31H42O5. The Morgan fingerprint density at radius 3 is 2.22 bits per heavy atom. The fraction of sp³-hybridized carbons (Fsp3) is 0.516. The molecule has 2 aromatic rings. The number of aliphatic hydroxyl groups excluding tert-OH is 1. The Kier molecular flexibility index (Phi) is 9.37. The van der Waals surface area contributed by atoms with E-state index in [-0.39, 0.29) is 24.9 Å². The molecule has 1 aliphatic rings. The van der Waals surface area contributed by atoms with Crippen molar-refractivity contribution in [3.05, 3.63) is 70.3 Å². The van der Waals surface area contributed by atoms with Gasteiger partial charge in [0.1, 0.15) is 12.4 Å². The Balaban J connectivity index is 1.81. The van der Waals surface area contributed by atoms with Crippen LogP contribution in [0.1, 0.15) is 93.0 Å². The fourth-order valence-corrected chi connectivity index (χ4v) is 5.46. The van der Waals surface area contributed by atoms with Crippen molar-refractivity contribution in [1.29, 1.82) is 0 Å². The first-order valence-electron chi connectivity index (χ1n) is 13.3. The molecule has 0 aromatic heterocycles. The van der Waals surface area contributed by atoms with Crippen molar-refractivity contribution in [2.75, 3.05) is 6.61 Å². The molecule has 0 aliphatic heterocycles. The molecule has 5 heteroatoms. The molecule has 0 spiro atoms. The zero-order valence-electron chi connectivity index (χ0n) is 22.2. The van der Waals surface area contributed by atoms with Gasteiger partial charge in [0.25, 0.3) is 0 Å². The molecule has 0 radical (unpaired) electrons. The van der Waals surface area contributed by atoms with E-state index in [0.717, 1.165) is 49.7 Å². The van der Waals surface area contributed by atoms with Gasteiger partial charge in [-0.15, -0.1) is 0 Å². The first-order chi connectivity index (χ1) is 17.1. The molecule has 2 aromatic carbocycles. The number of aryl methyl sites for hydroxylation is 2. The van der Waals surface area contributed by atoms with Gasteiger partial charge in [0.05, 0.1) is 11.7 Å². The highest BCUT2D eigenvalue weighted by Crippen LogP contribution is 2.41.